The summed E-state index contributed by atoms with van der Waals surface area (Å²) in [7, 11) is 0. The molecule has 2 fully saturated rings. The summed E-state index contributed by atoms with van der Waals surface area (Å²) >= 11 is 0. The predicted octanol–water partition coefficient (Wildman–Crippen LogP) is 0.772. The lowest BCUT2D eigenvalue weighted by molar-refractivity contribution is -0.136. The predicted molar refractivity (Wildman–Crippen MR) is 124 cm³/mol. The highest BCUT2D eigenvalue weighted by molar-refractivity contribution is 5.94. The number of amides is 3. The largest absolute Gasteiger partial charge is 0.346 e. The molecule has 2 aromatic rings. The van der Waals surface area contributed by atoms with Crippen LogP contribution in [0.4, 0.5) is 5.69 Å². The summed E-state index contributed by atoms with van der Waals surface area (Å²) in [4.78, 5) is 42.1. The van der Waals surface area contributed by atoms with E-state index in [1.165, 1.54) is 11.1 Å². The summed E-state index contributed by atoms with van der Waals surface area (Å²) in [6.45, 7) is 2.07. The van der Waals surface area contributed by atoms with Gasteiger partial charge in [-0.1, -0.05) is 42.5 Å². The quantitative estimate of drug-likeness (QED) is 0.644. The fourth-order valence-corrected chi connectivity index (χ4v) is 5.20. The molecule has 3 aliphatic rings. The number of hydrogen-bond donors (Lipinski definition) is 3. The van der Waals surface area contributed by atoms with Crippen LogP contribution in [0.5, 0.6) is 0 Å². The van der Waals surface area contributed by atoms with Crippen LogP contribution >= 0.6 is 0 Å². The van der Waals surface area contributed by atoms with Crippen molar-refractivity contribution >= 4 is 23.4 Å². The Hall–Kier alpha value is -3.39. The van der Waals surface area contributed by atoms with Gasteiger partial charge >= 0.3 is 0 Å². The number of fused-ring (bicyclic) bond motifs is 1. The molecule has 1 spiro atoms. The molecule has 172 valence electrons. The number of carbonyl (C=O) groups excluding carboxylic acids is 3. The summed E-state index contributed by atoms with van der Waals surface area (Å²) in [5, 5.41) is 9.03. The first-order valence-corrected chi connectivity index (χ1v) is 11.5. The molecule has 3 aliphatic heterocycles. The van der Waals surface area contributed by atoms with Gasteiger partial charge in [-0.15, -0.1) is 0 Å². The minimum Gasteiger partial charge on any atom is -0.346 e. The topological polar surface area (TPSA) is 93.8 Å². The van der Waals surface area contributed by atoms with Crippen molar-refractivity contribution < 1.29 is 14.4 Å². The first kappa shape index (κ1) is 21.5. The zero-order chi connectivity index (χ0) is 22.8. The second kappa shape index (κ2) is 8.86. The lowest BCUT2D eigenvalue weighted by atomic mass is 9.85. The Labute approximate surface area is 193 Å². The zero-order valence-electron chi connectivity index (χ0n) is 18.5. The smallest absolute Gasteiger partial charge is 0.247 e. The second-order valence-corrected chi connectivity index (χ2v) is 8.96. The van der Waals surface area contributed by atoms with Gasteiger partial charge in [0.1, 0.15) is 5.54 Å². The maximum absolute atomic E-state index is 12.8. The zero-order valence-corrected chi connectivity index (χ0v) is 18.5. The Morgan fingerprint density at radius 3 is 2.45 bits per heavy atom. The maximum atomic E-state index is 12.8. The van der Waals surface area contributed by atoms with E-state index >= 15 is 0 Å². The van der Waals surface area contributed by atoms with E-state index in [1.54, 1.807) is 4.90 Å². The molecule has 3 heterocycles. The molecule has 5 rings (SSSR count). The number of rotatable bonds is 4. The molecule has 1 atom stereocenters. The Balaban J connectivity index is 1.15. The van der Waals surface area contributed by atoms with Crippen molar-refractivity contribution in [2.24, 2.45) is 0 Å². The van der Waals surface area contributed by atoms with Crippen molar-refractivity contribution in [1.29, 1.82) is 0 Å². The van der Waals surface area contributed by atoms with Crippen molar-refractivity contribution in [3.8, 4) is 0 Å². The third-order valence-electron chi connectivity index (χ3n) is 7.16. The number of anilines is 1. The van der Waals surface area contributed by atoms with E-state index in [0.717, 1.165) is 5.69 Å². The van der Waals surface area contributed by atoms with E-state index in [9.17, 15) is 14.4 Å². The monoisotopic (exact) mass is 447 g/mol. The Bertz CT molecular complexity index is 1050. The highest BCUT2D eigenvalue weighted by Crippen LogP contribution is 2.36. The number of nitrogens with one attached hydrogen (secondary N) is 3. The molecule has 0 radical (unpaired) electrons. The van der Waals surface area contributed by atoms with Crippen LogP contribution in [0.1, 0.15) is 24.0 Å². The van der Waals surface area contributed by atoms with Gasteiger partial charge in [0, 0.05) is 25.3 Å². The number of hydrogen-bond acceptors (Lipinski definition) is 5. The normalized spacial score (nSPS) is 21.5. The molecule has 8 nitrogen and oxygen atoms in total. The molecule has 2 aromatic carbocycles. The van der Waals surface area contributed by atoms with Gasteiger partial charge in [0.15, 0.2) is 0 Å². The lowest BCUT2D eigenvalue weighted by Gasteiger charge is -2.43. The van der Waals surface area contributed by atoms with Crippen LogP contribution < -0.4 is 20.9 Å². The van der Waals surface area contributed by atoms with Gasteiger partial charge in [0.2, 0.25) is 17.7 Å². The van der Waals surface area contributed by atoms with Crippen molar-refractivity contribution in [2.75, 3.05) is 31.2 Å². The second-order valence-electron chi connectivity index (χ2n) is 8.96. The fraction of sp³-hybridized carbons (Fsp3) is 0.400. The van der Waals surface area contributed by atoms with E-state index in [2.05, 4.69) is 26.9 Å². The van der Waals surface area contributed by atoms with Gasteiger partial charge < -0.3 is 25.8 Å². The van der Waals surface area contributed by atoms with E-state index < -0.39 is 5.54 Å². The molecule has 2 saturated heterocycles. The van der Waals surface area contributed by atoms with Crippen LogP contribution in [0.2, 0.25) is 0 Å². The third kappa shape index (κ3) is 4.06. The lowest BCUT2D eigenvalue weighted by Crippen LogP contribution is -2.58. The summed E-state index contributed by atoms with van der Waals surface area (Å²) in [6.07, 6.45) is 1.75. The van der Waals surface area contributed by atoms with Crippen molar-refractivity contribution in [2.45, 2.75) is 37.4 Å². The molecule has 3 N–H and O–H groups in total. The number of carbonyl (C=O) groups is 3. The molecular formula is C25H29N5O3. The third-order valence-corrected chi connectivity index (χ3v) is 7.16. The number of benzene rings is 2. The number of nitrogens with zero attached hydrogens (tertiary/aromatic N) is 2. The van der Waals surface area contributed by atoms with Crippen LogP contribution in [0.25, 0.3) is 0 Å². The van der Waals surface area contributed by atoms with Crippen LogP contribution in [-0.4, -0.2) is 60.5 Å². The highest BCUT2D eigenvalue weighted by Gasteiger charge is 2.50. The van der Waals surface area contributed by atoms with Gasteiger partial charge in [-0.2, -0.15) is 0 Å². The standard InChI is InChI=1S/C25H29N5O3/c31-22(16-27-23(32)21-14-18-6-4-5-7-19(18)15-26-21)29-12-10-25(11-13-29)24(33)28-17-30(25)20-8-2-1-3-9-20/h1-9,21,26H,10-17H2,(H,27,32)(H,28,33)/t21-/m1/s1. The number of piperidine rings is 1. The molecule has 0 aromatic heterocycles. The SMILES string of the molecule is O=C(NCC(=O)N1CCC2(CC1)C(=O)NCN2c1ccccc1)[C@H]1Cc2ccccc2CN1. The molecule has 0 bridgehead atoms. The molecule has 0 saturated carbocycles. The minimum absolute atomic E-state index is 0.0235. The van der Waals surface area contributed by atoms with Crippen LogP contribution in [0, 0.1) is 0 Å². The summed E-state index contributed by atoms with van der Waals surface area (Å²) in [5.41, 5.74) is 2.76. The van der Waals surface area contributed by atoms with Crippen molar-refractivity contribution in [3.05, 3.63) is 65.7 Å². The Kier molecular flexibility index (Phi) is 5.76. The summed E-state index contributed by atoms with van der Waals surface area (Å²) < 4.78 is 0. The van der Waals surface area contributed by atoms with E-state index in [1.807, 2.05) is 48.5 Å². The molecular weight excluding hydrogens is 418 g/mol. The van der Waals surface area contributed by atoms with E-state index in [-0.39, 0.29) is 30.3 Å². The summed E-state index contributed by atoms with van der Waals surface area (Å²) in [6, 6.07) is 17.7. The van der Waals surface area contributed by atoms with E-state index in [4.69, 9.17) is 0 Å². The fourth-order valence-electron chi connectivity index (χ4n) is 5.20. The van der Waals surface area contributed by atoms with Crippen LogP contribution in [0.15, 0.2) is 54.6 Å². The molecule has 3 amide bonds. The molecule has 33 heavy (non-hydrogen) atoms. The molecule has 0 unspecified atom stereocenters. The van der Waals surface area contributed by atoms with Gasteiger partial charge in [-0.3, -0.25) is 14.4 Å². The van der Waals surface area contributed by atoms with Gasteiger partial charge in [0.25, 0.3) is 0 Å². The van der Waals surface area contributed by atoms with Crippen molar-refractivity contribution in [3.63, 3.8) is 0 Å². The minimum atomic E-state index is -0.624. The number of likely N-dealkylation sites (tertiary alicyclic amines) is 1. The van der Waals surface area contributed by atoms with Crippen molar-refractivity contribution in [1.82, 2.24) is 20.9 Å². The Morgan fingerprint density at radius 1 is 1.00 bits per heavy atom. The first-order valence-electron chi connectivity index (χ1n) is 11.5. The maximum Gasteiger partial charge on any atom is 0.247 e. The van der Waals surface area contributed by atoms with Crippen LogP contribution in [0.3, 0.4) is 0 Å². The van der Waals surface area contributed by atoms with Gasteiger partial charge in [-0.05, 0) is 42.5 Å². The van der Waals surface area contributed by atoms with E-state index in [0.29, 0.717) is 45.6 Å². The average molecular weight is 448 g/mol. The molecule has 0 aliphatic carbocycles. The van der Waals surface area contributed by atoms with Gasteiger partial charge in [-0.25, -0.2) is 0 Å². The first-order chi connectivity index (χ1) is 16.1. The summed E-state index contributed by atoms with van der Waals surface area (Å²) in [5.74, 6) is -0.244. The van der Waals surface area contributed by atoms with Crippen LogP contribution in [-0.2, 0) is 27.3 Å². The highest BCUT2D eigenvalue weighted by atomic mass is 16.2. The Morgan fingerprint density at radius 2 is 1.70 bits per heavy atom. The average Bonchev–Trinajstić information content (AvgIpc) is 3.18. The number of para-hydroxylation sites is 1. The molecule has 8 heteroatoms. The van der Waals surface area contributed by atoms with Gasteiger partial charge in [0.05, 0.1) is 19.3 Å².